The molecule has 0 amide bonds. The van der Waals surface area contributed by atoms with Crippen LogP contribution in [-0.2, 0) is 11.3 Å². The maximum Gasteiger partial charge on any atom is 0.355 e. The zero-order chi connectivity index (χ0) is 13.7. The number of allylic oxidation sites excluding steroid dienone is 2. The predicted octanol–water partition coefficient (Wildman–Crippen LogP) is 2.67. The van der Waals surface area contributed by atoms with Crippen molar-refractivity contribution in [2.45, 2.75) is 33.7 Å². The lowest BCUT2D eigenvalue weighted by Gasteiger charge is -2.08. The predicted molar refractivity (Wildman–Crippen MR) is 70.1 cm³/mol. The highest BCUT2D eigenvalue weighted by Crippen LogP contribution is 2.21. The number of hydrogen-bond acceptors (Lipinski definition) is 3. The Morgan fingerprint density at radius 1 is 1.33 bits per heavy atom. The van der Waals surface area contributed by atoms with E-state index in [2.05, 4.69) is 0 Å². The first-order valence-corrected chi connectivity index (χ1v) is 5.96. The van der Waals surface area contributed by atoms with E-state index in [4.69, 9.17) is 4.74 Å². The molecule has 0 radical (unpaired) electrons. The summed E-state index contributed by atoms with van der Waals surface area (Å²) in [6, 6.07) is 0. The highest BCUT2D eigenvalue weighted by molar-refractivity contribution is 5.98. The highest BCUT2D eigenvalue weighted by atomic mass is 16.5. The van der Waals surface area contributed by atoms with E-state index in [1.807, 2.05) is 37.5 Å². The van der Waals surface area contributed by atoms with Gasteiger partial charge in [0.05, 0.1) is 12.7 Å². The second kappa shape index (κ2) is 6.19. The Bertz CT molecular complexity index is 484. The Balaban J connectivity index is 3.33. The maximum atomic E-state index is 11.8. The molecule has 1 rings (SSSR count). The summed E-state index contributed by atoms with van der Waals surface area (Å²) < 4.78 is 6.57. The van der Waals surface area contributed by atoms with Gasteiger partial charge in [0.1, 0.15) is 5.69 Å². The van der Waals surface area contributed by atoms with Crippen LogP contribution in [0.5, 0.6) is 0 Å². The van der Waals surface area contributed by atoms with Crippen LogP contribution in [-0.4, -0.2) is 23.9 Å². The standard InChI is InChI=1S/C14H19NO3/c1-5-6-7-8-15-11(3)10(2)12(9-16)13(15)14(17)18-4/h6-7,9H,5,8H2,1-4H3. The van der Waals surface area contributed by atoms with E-state index < -0.39 is 5.97 Å². The van der Waals surface area contributed by atoms with Crippen LogP contribution in [0.25, 0.3) is 0 Å². The molecule has 4 heteroatoms. The lowest BCUT2D eigenvalue weighted by molar-refractivity contribution is 0.0586. The minimum atomic E-state index is -0.474. The number of nitrogens with zero attached hydrogens (tertiary/aromatic N) is 1. The fourth-order valence-corrected chi connectivity index (χ4v) is 1.92. The van der Waals surface area contributed by atoms with Crippen LogP contribution in [0.3, 0.4) is 0 Å². The Morgan fingerprint density at radius 2 is 2.00 bits per heavy atom. The first-order chi connectivity index (χ1) is 8.58. The molecule has 1 heterocycles. The van der Waals surface area contributed by atoms with Gasteiger partial charge in [-0.25, -0.2) is 4.79 Å². The molecule has 4 nitrogen and oxygen atoms in total. The average molecular weight is 249 g/mol. The fourth-order valence-electron chi connectivity index (χ4n) is 1.92. The van der Waals surface area contributed by atoms with Gasteiger partial charge in [0.2, 0.25) is 0 Å². The summed E-state index contributed by atoms with van der Waals surface area (Å²) in [5.41, 5.74) is 2.50. The summed E-state index contributed by atoms with van der Waals surface area (Å²) in [5, 5.41) is 0. The van der Waals surface area contributed by atoms with E-state index in [1.54, 1.807) is 0 Å². The van der Waals surface area contributed by atoms with Crippen molar-refractivity contribution < 1.29 is 14.3 Å². The molecule has 0 aliphatic carbocycles. The normalized spacial score (nSPS) is 10.9. The van der Waals surface area contributed by atoms with Crippen molar-refractivity contribution in [1.82, 2.24) is 4.57 Å². The van der Waals surface area contributed by atoms with Gasteiger partial charge >= 0.3 is 5.97 Å². The van der Waals surface area contributed by atoms with Crippen LogP contribution in [0.2, 0.25) is 0 Å². The summed E-state index contributed by atoms with van der Waals surface area (Å²) >= 11 is 0. The minimum absolute atomic E-state index is 0.336. The van der Waals surface area contributed by atoms with Crippen molar-refractivity contribution in [3.63, 3.8) is 0 Å². The molecule has 0 aliphatic heterocycles. The molecule has 98 valence electrons. The molecule has 1 aromatic heterocycles. The lowest BCUT2D eigenvalue weighted by atomic mass is 10.1. The van der Waals surface area contributed by atoms with Gasteiger partial charge in [-0.05, 0) is 25.8 Å². The van der Waals surface area contributed by atoms with Gasteiger partial charge < -0.3 is 9.30 Å². The zero-order valence-electron chi connectivity index (χ0n) is 11.3. The second-order valence-electron chi connectivity index (χ2n) is 4.07. The van der Waals surface area contributed by atoms with Gasteiger partial charge in [-0.15, -0.1) is 0 Å². The third-order valence-electron chi connectivity index (χ3n) is 3.06. The molecular weight excluding hydrogens is 230 g/mol. The molecule has 0 N–H and O–H groups in total. The molecule has 0 unspecified atom stereocenters. The monoisotopic (exact) mass is 249 g/mol. The summed E-state index contributed by atoms with van der Waals surface area (Å²) in [4.78, 5) is 22.9. The average Bonchev–Trinajstić information content (AvgIpc) is 2.62. The number of hydrogen-bond donors (Lipinski definition) is 0. The Morgan fingerprint density at radius 3 is 2.50 bits per heavy atom. The number of methoxy groups -OCH3 is 1. The number of rotatable bonds is 5. The molecule has 0 saturated heterocycles. The number of carbonyl (C=O) groups is 2. The van der Waals surface area contributed by atoms with Gasteiger partial charge in [-0.2, -0.15) is 0 Å². The van der Waals surface area contributed by atoms with Crippen LogP contribution in [0.15, 0.2) is 12.2 Å². The second-order valence-corrected chi connectivity index (χ2v) is 4.07. The summed E-state index contributed by atoms with van der Waals surface area (Å²) in [6.45, 7) is 6.35. The van der Waals surface area contributed by atoms with Crippen molar-refractivity contribution in [1.29, 1.82) is 0 Å². The van der Waals surface area contributed by atoms with Gasteiger partial charge in [0.15, 0.2) is 6.29 Å². The van der Waals surface area contributed by atoms with E-state index in [1.165, 1.54) is 7.11 Å². The summed E-state index contributed by atoms with van der Waals surface area (Å²) in [6.07, 6.45) is 5.66. The molecule has 0 bridgehead atoms. The largest absolute Gasteiger partial charge is 0.464 e. The molecule has 1 aromatic rings. The van der Waals surface area contributed by atoms with Gasteiger partial charge in [-0.3, -0.25) is 4.79 Å². The molecule has 0 fully saturated rings. The van der Waals surface area contributed by atoms with Gasteiger partial charge in [-0.1, -0.05) is 19.1 Å². The van der Waals surface area contributed by atoms with Crippen LogP contribution < -0.4 is 0 Å². The molecular formula is C14H19NO3. The minimum Gasteiger partial charge on any atom is -0.464 e. The molecule has 18 heavy (non-hydrogen) atoms. The molecule has 0 saturated carbocycles. The number of ether oxygens (including phenoxy) is 1. The van der Waals surface area contributed by atoms with Crippen LogP contribution in [0.1, 0.15) is 45.4 Å². The Labute approximate surface area is 107 Å². The van der Waals surface area contributed by atoms with E-state index >= 15 is 0 Å². The summed E-state index contributed by atoms with van der Waals surface area (Å²) in [5.74, 6) is -0.474. The maximum absolute atomic E-state index is 11.8. The van der Waals surface area contributed by atoms with E-state index in [0.29, 0.717) is 24.1 Å². The van der Waals surface area contributed by atoms with Crippen LogP contribution in [0, 0.1) is 13.8 Å². The zero-order valence-corrected chi connectivity index (χ0v) is 11.3. The van der Waals surface area contributed by atoms with Crippen LogP contribution in [0.4, 0.5) is 0 Å². The number of carbonyl (C=O) groups excluding carboxylic acids is 2. The summed E-state index contributed by atoms with van der Waals surface area (Å²) in [7, 11) is 1.32. The quantitative estimate of drug-likeness (QED) is 0.458. The smallest absolute Gasteiger partial charge is 0.355 e. The van der Waals surface area contributed by atoms with E-state index in [0.717, 1.165) is 17.7 Å². The van der Waals surface area contributed by atoms with E-state index in [9.17, 15) is 9.59 Å². The first-order valence-electron chi connectivity index (χ1n) is 5.96. The third-order valence-corrected chi connectivity index (χ3v) is 3.06. The van der Waals surface area contributed by atoms with Crippen molar-refractivity contribution in [2.24, 2.45) is 0 Å². The van der Waals surface area contributed by atoms with Gasteiger partial charge in [0, 0.05) is 12.2 Å². The molecule has 0 spiro atoms. The van der Waals surface area contributed by atoms with Crippen LogP contribution >= 0.6 is 0 Å². The Hall–Kier alpha value is -1.84. The highest BCUT2D eigenvalue weighted by Gasteiger charge is 2.22. The number of esters is 1. The van der Waals surface area contributed by atoms with Crippen molar-refractivity contribution >= 4 is 12.3 Å². The molecule has 0 aromatic carbocycles. The lowest BCUT2D eigenvalue weighted by Crippen LogP contribution is -2.13. The van der Waals surface area contributed by atoms with Crippen molar-refractivity contribution in [3.8, 4) is 0 Å². The number of aldehydes is 1. The van der Waals surface area contributed by atoms with Crippen molar-refractivity contribution in [3.05, 3.63) is 34.7 Å². The first kappa shape index (κ1) is 14.2. The fraction of sp³-hybridized carbons (Fsp3) is 0.429. The molecule has 0 aliphatic rings. The van der Waals surface area contributed by atoms with Crippen molar-refractivity contribution in [2.75, 3.05) is 7.11 Å². The topological polar surface area (TPSA) is 48.3 Å². The molecule has 0 atom stereocenters. The van der Waals surface area contributed by atoms with Gasteiger partial charge in [0.25, 0.3) is 0 Å². The third kappa shape index (κ3) is 2.53. The number of aromatic nitrogens is 1. The Kier molecular flexibility index (Phi) is 4.89. The van der Waals surface area contributed by atoms with E-state index in [-0.39, 0.29) is 0 Å². The SMILES string of the molecule is CCC=CCn1c(C)c(C)c(C=O)c1C(=O)OC.